The van der Waals surface area contributed by atoms with Crippen molar-refractivity contribution in [3.63, 3.8) is 0 Å². The van der Waals surface area contributed by atoms with Crippen LogP contribution in [-0.2, 0) is 39.8 Å². The highest BCUT2D eigenvalue weighted by Crippen LogP contribution is 2.42. The first-order chi connectivity index (χ1) is 24.7. The molecule has 0 fully saturated rings. The zero-order valence-electron chi connectivity index (χ0n) is 31.7. The van der Waals surface area contributed by atoms with Crippen LogP contribution in [0.15, 0.2) is 30.5 Å². The van der Waals surface area contributed by atoms with E-state index in [1.165, 1.54) is 6.92 Å². The standard InChI is InChI=1S/C36H58N7O9P/c1-20(2)12-25(18-53(51,52)19-40-32(46)23(7)41-34(48)27(37)13-21(3)4)33(47)42-30(15-24-16-38-28-11-9-8-10-26(24)28)36(50)43-29(14-22(5)6)35(49)39-17-31(44)45/h8-11,16,20-23,25,27,29-30,38H,12-15,17-19,37H2,1-7H3,(H,39,49)(H,40,46)(H,41,48)(H,42,47)(H,43,50)(H,44,45)(H,51,52)/t23-,25+,27-,29-,30-/m0/s1. The molecule has 10 N–H and O–H groups in total. The van der Waals surface area contributed by atoms with E-state index in [-0.39, 0.29) is 37.0 Å². The van der Waals surface area contributed by atoms with Crippen LogP contribution in [0.3, 0.4) is 0 Å². The van der Waals surface area contributed by atoms with E-state index in [1.807, 2.05) is 65.8 Å². The van der Waals surface area contributed by atoms with Crippen LogP contribution in [0, 0.1) is 23.7 Å². The number of amides is 5. The number of carboxylic acid groups (broad SMARTS) is 1. The lowest BCUT2D eigenvalue weighted by molar-refractivity contribution is -0.138. The number of H-pyrrole nitrogens is 1. The van der Waals surface area contributed by atoms with E-state index in [9.17, 15) is 38.2 Å². The predicted octanol–water partition coefficient (Wildman–Crippen LogP) is 1.81. The number of benzene rings is 1. The van der Waals surface area contributed by atoms with Crippen molar-refractivity contribution < 1.29 is 43.3 Å². The van der Waals surface area contributed by atoms with E-state index in [4.69, 9.17) is 10.8 Å². The average Bonchev–Trinajstić information content (AvgIpc) is 3.46. The third kappa shape index (κ3) is 15.7. The molecule has 1 aromatic heterocycles. The Bertz CT molecular complexity index is 1630. The molecule has 1 unspecified atom stereocenters. The normalized spacial score (nSPS) is 15.5. The van der Waals surface area contributed by atoms with Crippen molar-refractivity contribution in [3.8, 4) is 0 Å². The number of hydrogen-bond acceptors (Lipinski definition) is 8. The molecular formula is C36H58N7O9P. The zero-order chi connectivity index (χ0) is 40.0. The maximum atomic E-state index is 13.9. The van der Waals surface area contributed by atoms with E-state index in [2.05, 4.69) is 31.6 Å². The molecule has 0 aliphatic carbocycles. The Morgan fingerprint density at radius 2 is 1.36 bits per heavy atom. The smallest absolute Gasteiger partial charge is 0.322 e. The lowest BCUT2D eigenvalue weighted by atomic mass is 9.96. The first kappa shape index (κ1) is 44.9. The van der Waals surface area contributed by atoms with Gasteiger partial charge in [-0.3, -0.25) is 33.3 Å². The molecule has 2 rings (SSSR count). The molecule has 1 aromatic carbocycles. The van der Waals surface area contributed by atoms with Gasteiger partial charge in [0, 0.05) is 35.6 Å². The van der Waals surface area contributed by atoms with Crippen molar-refractivity contribution in [3.05, 3.63) is 36.0 Å². The number of carbonyl (C=O) groups excluding carboxylic acids is 5. The molecule has 53 heavy (non-hydrogen) atoms. The monoisotopic (exact) mass is 763 g/mol. The first-order valence-electron chi connectivity index (χ1n) is 18.0. The number of hydrogen-bond donors (Lipinski definition) is 9. The number of rotatable bonds is 22. The summed E-state index contributed by atoms with van der Waals surface area (Å²) in [5.41, 5.74) is 7.39. The Morgan fingerprint density at radius 1 is 0.755 bits per heavy atom. The van der Waals surface area contributed by atoms with Gasteiger partial charge in [0.15, 0.2) is 0 Å². The SMILES string of the molecule is CC(C)C[C@H](CP(=O)(O)CNC(=O)[C@H](C)NC(=O)[C@@H](N)CC(C)C)C(=O)N[C@@H](Cc1c[nH]c2ccccc12)C(=O)N[C@@H](CC(C)C)C(=O)NCC(=O)O. The molecule has 0 bridgehead atoms. The summed E-state index contributed by atoms with van der Waals surface area (Å²) < 4.78 is 13.4. The van der Waals surface area contributed by atoms with Crippen LogP contribution in [0.25, 0.3) is 10.9 Å². The van der Waals surface area contributed by atoms with E-state index >= 15 is 0 Å². The van der Waals surface area contributed by atoms with Gasteiger partial charge in [0.2, 0.25) is 36.9 Å². The molecule has 5 amide bonds. The Balaban J connectivity index is 2.28. The van der Waals surface area contributed by atoms with Crippen molar-refractivity contribution in [2.45, 2.75) is 98.3 Å². The molecule has 0 aliphatic rings. The summed E-state index contributed by atoms with van der Waals surface area (Å²) in [4.78, 5) is 91.0. The number of nitrogens with two attached hydrogens (primary N) is 1. The van der Waals surface area contributed by atoms with Gasteiger partial charge in [0.1, 0.15) is 24.7 Å². The molecular weight excluding hydrogens is 705 g/mol. The Labute approximate surface area is 311 Å². The van der Waals surface area contributed by atoms with E-state index < -0.39 is 92.0 Å². The molecule has 1 heterocycles. The van der Waals surface area contributed by atoms with Gasteiger partial charge in [-0.1, -0.05) is 59.7 Å². The van der Waals surface area contributed by atoms with Crippen molar-refractivity contribution >= 4 is 53.8 Å². The molecule has 0 spiro atoms. The van der Waals surface area contributed by atoms with Crippen molar-refractivity contribution in [2.24, 2.45) is 29.4 Å². The van der Waals surface area contributed by atoms with Crippen LogP contribution in [-0.4, -0.2) is 93.6 Å². The highest BCUT2D eigenvalue weighted by Gasteiger charge is 2.34. The number of nitrogens with one attached hydrogen (secondary N) is 6. The van der Waals surface area contributed by atoms with Gasteiger partial charge in [-0.05, 0) is 55.6 Å². The minimum atomic E-state index is -4.18. The summed E-state index contributed by atoms with van der Waals surface area (Å²) >= 11 is 0. The molecule has 0 saturated heterocycles. The fourth-order valence-corrected chi connectivity index (χ4v) is 7.41. The van der Waals surface area contributed by atoms with Gasteiger partial charge in [0.25, 0.3) is 0 Å². The minimum Gasteiger partial charge on any atom is -0.480 e. The maximum Gasteiger partial charge on any atom is 0.322 e. The van der Waals surface area contributed by atoms with Crippen molar-refractivity contribution in [2.75, 3.05) is 19.0 Å². The second-order valence-corrected chi connectivity index (χ2v) is 17.3. The number of fused-ring (bicyclic) bond motifs is 1. The fourth-order valence-electron chi connectivity index (χ4n) is 5.88. The summed E-state index contributed by atoms with van der Waals surface area (Å²) in [7, 11) is -4.18. The molecule has 2 aromatic rings. The molecule has 16 nitrogen and oxygen atoms in total. The predicted molar refractivity (Wildman–Crippen MR) is 202 cm³/mol. The quantitative estimate of drug-likeness (QED) is 0.0786. The lowest BCUT2D eigenvalue weighted by Gasteiger charge is -2.27. The summed E-state index contributed by atoms with van der Waals surface area (Å²) in [6.45, 7) is 11.9. The molecule has 6 atom stereocenters. The second-order valence-electron chi connectivity index (χ2n) is 14.9. The molecule has 0 saturated carbocycles. The number of aromatic amines is 1. The summed E-state index contributed by atoms with van der Waals surface area (Å²) in [5.74, 6) is -5.59. The Morgan fingerprint density at radius 3 is 1.96 bits per heavy atom. The second kappa shape index (κ2) is 20.8. The molecule has 0 aliphatic heterocycles. The summed E-state index contributed by atoms with van der Waals surface area (Å²) in [5, 5.41) is 22.5. The number of carboxylic acids is 1. The molecule has 296 valence electrons. The minimum absolute atomic E-state index is 0.00158. The zero-order valence-corrected chi connectivity index (χ0v) is 32.6. The molecule has 17 heteroatoms. The van der Waals surface area contributed by atoms with Gasteiger partial charge < -0.3 is 47.3 Å². The number of aliphatic carboxylic acids is 1. The van der Waals surface area contributed by atoms with Gasteiger partial charge in [0.05, 0.1) is 12.3 Å². The van der Waals surface area contributed by atoms with Gasteiger partial charge in [-0.25, -0.2) is 0 Å². The van der Waals surface area contributed by atoms with Crippen LogP contribution in [0.5, 0.6) is 0 Å². The summed E-state index contributed by atoms with van der Waals surface area (Å²) in [6.07, 6.45) is 1.32. The number of aromatic nitrogens is 1. The van der Waals surface area contributed by atoms with Crippen LogP contribution >= 0.6 is 7.37 Å². The van der Waals surface area contributed by atoms with Gasteiger partial charge in [-0.15, -0.1) is 0 Å². The Hall–Kier alpha value is -4.27. The lowest BCUT2D eigenvalue weighted by Crippen LogP contribution is -2.56. The van der Waals surface area contributed by atoms with Crippen molar-refractivity contribution in [1.82, 2.24) is 31.6 Å². The van der Waals surface area contributed by atoms with E-state index in [0.29, 0.717) is 12.0 Å². The number of carbonyl (C=O) groups is 6. The number of para-hydroxylation sites is 1. The fraction of sp³-hybridized carbons (Fsp3) is 0.611. The topological polar surface area (TPSA) is 262 Å². The summed E-state index contributed by atoms with van der Waals surface area (Å²) in [6, 6.07) is 3.18. The van der Waals surface area contributed by atoms with E-state index in [1.54, 1.807) is 6.20 Å². The van der Waals surface area contributed by atoms with Gasteiger partial charge in [-0.2, -0.15) is 0 Å². The van der Waals surface area contributed by atoms with Crippen LogP contribution in [0.2, 0.25) is 0 Å². The van der Waals surface area contributed by atoms with Crippen LogP contribution < -0.4 is 32.3 Å². The van der Waals surface area contributed by atoms with Crippen LogP contribution in [0.1, 0.15) is 73.3 Å². The molecule has 0 radical (unpaired) electrons. The third-order valence-electron chi connectivity index (χ3n) is 8.43. The highest BCUT2D eigenvalue weighted by atomic mass is 31.2. The highest BCUT2D eigenvalue weighted by molar-refractivity contribution is 7.58. The van der Waals surface area contributed by atoms with Crippen molar-refractivity contribution in [1.29, 1.82) is 0 Å². The first-order valence-corrected chi connectivity index (χ1v) is 20.0. The largest absolute Gasteiger partial charge is 0.480 e. The Kier molecular flexibility index (Phi) is 17.6. The average molecular weight is 764 g/mol. The maximum absolute atomic E-state index is 13.9. The van der Waals surface area contributed by atoms with Gasteiger partial charge >= 0.3 is 5.97 Å². The van der Waals surface area contributed by atoms with E-state index in [0.717, 1.165) is 10.9 Å². The van der Waals surface area contributed by atoms with Crippen LogP contribution in [0.4, 0.5) is 0 Å². The third-order valence-corrected chi connectivity index (χ3v) is 10.1.